The minimum atomic E-state index is -1.90. The first-order valence-corrected chi connectivity index (χ1v) is 8.42. The average molecular weight is 362 g/mol. The van der Waals surface area contributed by atoms with Crippen LogP contribution in [0, 0.1) is 10.8 Å². The normalized spacial score (nSPS) is 39.2. The van der Waals surface area contributed by atoms with Crippen LogP contribution in [-0.2, 0) is 28.5 Å². The molecule has 2 heterocycles. The van der Waals surface area contributed by atoms with Crippen molar-refractivity contribution in [2.24, 2.45) is 10.8 Å². The van der Waals surface area contributed by atoms with E-state index in [-0.39, 0.29) is 0 Å². The molecule has 1 unspecified atom stereocenters. The summed E-state index contributed by atoms with van der Waals surface area (Å²) in [5.74, 6) is -2.37. The highest BCUT2D eigenvalue weighted by Gasteiger charge is 2.63. The molecular formula is C17H30O8. The molecule has 25 heavy (non-hydrogen) atoms. The van der Waals surface area contributed by atoms with E-state index in [9.17, 15) is 15.0 Å². The Labute approximate surface area is 148 Å². The molecule has 2 aliphatic heterocycles. The molecule has 6 atom stereocenters. The van der Waals surface area contributed by atoms with Crippen molar-refractivity contribution in [2.45, 2.75) is 78.2 Å². The smallest absolute Gasteiger partial charge is 0.311 e. The van der Waals surface area contributed by atoms with Gasteiger partial charge in [-0.25, -0.2) is 0 Å². The summed E-state index contributed by atoms with van der Waals surface area (Å²) in [6, 6.07) is 0. The van der Waals surface area contributed by atoms with E-state index in [0.29, 0.717) is 0 Å². The fraction of sp³-hybridized carbons (Fsp3) is 0.941. The summed E-state index contributed by atoms with van der Waals surface area (Å²) in [5.41, 5.74) is -1.51. The van der Waals surface area contributed by atoms with E-state index in [1.54, 1.807) is 41.5 Å². The highest BCUT2D eigenvalue weighted by molar-refractivity contribution is 5.75. The zero-order valence-corrected chi connectivity index (χ0v) is 15.9. The molecule has 0 spiro atoms. The van der Waals surface area contributed by atoms with Crippen LogP contribution in [-0.4, -0.2) is 66.6 Å². The van der Waals surface area contributed by atoms with Crippen LogP contribution in [0.15, 0.2) is 0 Å². The Morgan fingerprint density at radius 1 is 1.12 bits per heavy atom. The first-order chi connectivity index (χ1) is 11.3. The monoisotopic (exact) mass is 362 g/mol. The molecule has 0 aromatic rings. The number of fused-ring (bicyclic) bond motifs is 1. The first kappa shape index (κ1) is 20.5. The Hall–Kier alpha value is -0.770. The van der Waals surface area contributed by atoms with Gasteiger partial charge in [0.15, 0.2) is 12.4 Å². The topological polar surface area (TPSA) is 104 Å². The molecule has 146 valence electrons. The number of aliphatic hydroxyl groups is 2. The third-order valence-electron chi connectivity index (χ3n) is 4.40. The van der Waals surface area contributed by atoms with E-state index in [0.717, 1.165) is 0 Å². The van der Waals surface area contributed by atoms with Gasteiger partial charge in [-0.3, -0.25) is 4.79 Å². The first-order valence-electron chi connectivity index (χ1n) is 8.42. The number of carbonyl (C=O) groups excluding carboxylic acids is 1. The second-order valence-electron chi connectivity index (χ2n) is 8.58. The number of methoxy groups -OCH3 is 1. The van der Waals surface area contributed by atoms with Gasteiger partial charge in [0.25, 0.3) is 5.97 Å². The minimum absolute atomic E-state index is 0.400. The lowest BCUT2D eigenvalue weighted by atomic mass is 9.93. The molecule has 8 heteroatoms. The summed E-state index contributed by atoms with van der Waals surface area (Å²) in [6.07, 6.45) is -4.32. The molecule has 0 aromatic heterocycles. The summed E-state index contributed by atoms with van der Waals surface area (Å²) >= 11 is 0. The van der Waals surface area contributed by atoms with Gasteiger partial charge in [-0.2, -0.15) is 0 Å². The van der Waals surface area contributed by atoms with Crippen molar-refractivity contribution in [1.82, 2.24) is 0 Å². The highest BCUT2D eigenvalue weighted by atomic mass is 16.9. The van der Waals surface area contributed by atoms with Crippen molar-refractivity contribution in [3.63, 3.8) is 0 Å². The van der Waals surface area contributed by atoms with E-state index in [1.165, 1.54) is 7.11 Å². The molecule has 0 bridgehead atoms. The lowest BCUT2D eigenvalue weighted by molar-refractivity contribution is -0.372. The maximum atomic E-state index is 12.3. The summed E-state index contributed by atoms with van der Waals surface area (Å²) in [6.45, 7) is 10.0. The summed E-state index contributed by atoms with van der Waals surface area (Å²) in [7, 11) is 1.43. The van der Waals surface area contributed by atoms with Crippen molar-refractivity contribution in [2.75, 3.05) is 13.7 Å². The molecule has 2 N–H and O–H groups in total. The molecule has 0 aliphatic carbocycles. The van der Waals surface area contributed by atoms with E-state index in [1.807, 2.05) is 0 Å². The predicted octanol–water partition coefficient (Wildman–Crippen LogP) is 0.784. The van der Waals surface area contributed by atoms with Gasteiger partial charge in [-0.15, -0.1) is 0 Å². The van der Waals surface area contributed by atoms with Crippen molar-refractivity contribution in [3.8, 4) is 0 Å². The Balaban J connectivity index is 2.33. The Morgan fingerprint density at radius 3 is 2.12 bits per heavy atom. The quantitative estimate of drug-likeness (QED) is 0.710. The zero-order valence-electron chi connectivity index (χ0n) is 15.9. The lowest BCUT2D eigenvalue weighted by Crippen LogP contribution is -2.59. The van der Waals surface area contributed by atoms with Crippen LogP contribution in [0.3, 0.4) is 0 Å². The Kier molecular flexibility index (Phi) is 5.55. The molecule has 2 saturated heterocycles. The van der Waals surface area contributed by atoms with Crippen LogP contribution in [0.2, 0.25) is 0 Å². The number of carbonyl (C=O) groups is 1. The fourth-order valence-electron chi connectivity index (χ4n) is 2.67. The molecule has 2 aliphatic rings. The standard InChI is InChI=1S/C17H30O8/c1-15(2,3)14(19)23-10-9(8-18)22-13(21-7)12-11(10)24-17(20,25-12)16(4,5)6/h9-13,18,20H,8H2,1-7H3/t9-,10+,11+,12-,13+,17?/m1/s1. The van der Waals surface area contributed by atoms with Gasteiger partial charge >= 0.3 is 5.97 Å². The lowest BCUT2D eigenvalue weighted by Gasteiger charge is -2.40. The molecule has 0 aromatic carbocycles. The van der Waals surface area contributed by atoms with Crippen molar-refractivity contribution in [3.05, 3.63) is 0 Å². The summed E-state index contributed by atoms with van der Waals surface area (Å²) in [4.78, 5) is 12.3. The molecule has 0 saturated carbocycles. The van der Waals surface area contributed by atoms with Gasteiger partial charge in [0.2, 0.25) is 0 Å². The van der Waals surface area contributed by atoms with Gasteiger partial charge < -0.3 is 33.9 Å². The fourth-order valence-corrected chi connectivity index (χ4v) is 2.67. The second-order valence-corrected chi connectivity index (χ2v) is 8.58. The van der Waals surface area contributed by atoms with Crippen LogP contribution in [0.4, 0.5) is 0 Å². The van der Waals surface area contributed by atoms with Gasteiger partial charge in [-0.1, -0.05) is 20.8 Å². The van der Waals surface area contributed by atoms with E-state index < -0.39 is 60.1 Å². The van der Waals surface area contributed by atoms with Crippen LogP contribution in [0.25, 0.3) is 0 Å². The third kappa shape index (κ3) is 3.84. The van der Waals surface area contributed by atoms with Crippen LogP contribution in [0.1, 0.15) is 41.5 Å². The molecule has 2 fully saturated rings. The Bertz CT molecular complexity index is 494. The molecule has 2 rings (SSSR count). The van der Waals surface area contributed by atoms with Crippen molar-refractivity contribution in [1.29, 1.82) is 0 Å². The highest BCUT2D eigenvalue weighted by Crippen LogP contribution is 2.45. The van der Waals surface area contributed by atoms with Crippen molar-refractivity contribution >= 4 is 5.97 Å². The molecule has 0 amide bonds. The SMILES string of the molecule is CO[C@H]1O[C@H](CO)[C@H](OC(=O)C(C)(C)C)[C@@H]2OC(O)(C(C)(C)C)O[C@@H]12. The number of hydrogen-bond acceptors (Lipinski definition) is 8. The number of esters is 1. The van der Waals surface area contributed by atoms with Gasteiger partial charge in [0.05, 0.1) is 12.0 Å². The van der Waals surface area contributed by atoms with Crippen LogP contribution in [0.5, 0.6) is 0 Å². The van der Waals surface area contributed by atoms with Gasteiger partial charge in [-0.05, 0) is 20.8 Å². The minimum Gasteiger partial charge on any atom is -0.456 e. The van der Waals surface area contributed by atoms with E-state index in [2.05, 4.69) is 0 Å². The number of rotatable bonds is 3. The number of ether oxygens (including phenoxy) is 5. The van der Waals surface area contributed by atoms with Crippen molar-refractivity contribution < 1.29 is 38.7 Å². The number of hydrogen-bond donors (Lipinski definition) is 2. The molecular weight excluding hydrogens is 332 g/mol. The largest absolute Gasteiger partial charge is 0.456 e. The zero-order chi connectivity index (χ0) is 19.2. The molecule has 8 nitrogen and oxygen atoms in total. The van der Waals surface area contributed by atoms with Gasteiger partial charge in [0, 0.05) is 12.5 Å². The van der Waals surface area contributed by atoms with Gasteiger partial charge in [0.1, 0.15) is 18.3 Å². The van der Waals surface area contributed by atoms with E-state index in [4.69, 9.17) is 23.7 Å². The summed E-state index contributed by atoms with van der Waals surface area (Å²) in [5, 5.41) is 20.5. The average Bonchev–Trinajstić information content (AvgIpc) is 2.85. The van der Waals surface area contributed by atoms with Crippen LogP contribution >= 0.6 is 0 Å². The molecule has 0 radical (unpaired) electrons. The third-order valence-corrected chi connectivity index (χ3v) is 4.40. The maximum absolute atomic E-state index is 12.3. The number of aliphatic hydroxyl groups excluding tert-OH is 1. The second kappa shape index (κ2) is 6.75. The van der Waals surface area contributed by atoms with Crippen LogP contribution < -0.4 is 0 Å². The summed E-state index contributed by atoms with van der Waals surface area (Å²) < 4.78 is 28.0. The maximum Gasteiger partial charge on any atom is 0.311 e. The predicted molar refractivity (Wildman–Crippen MR) is 86.2 cm³/mol. The Morgan fingerprint density at radius 2 is 1.68 bits per heavy atom. The van der Waals surface area contributed by atoms with E-state index >= 15 is 0 Å².